The van der Waals surface area contributed by atoms with Crippen LogP contribution < -0.4 is 0 Å². The lowest BCUT2D eigenvalue weighted by molar-refractivity contribution is -0.282. The molecule has 0 amide bonds. The van der Waals surface area contributed by atoms with Gasteiger partial charge >= 0.3 is 0 Å². The van der Waals surface area contributed by atoms with Crippen molar-refractivity contribution in [3.63, 3.8) is 0 Å². The monoisotopic (exact) mass is 348 g/mol. The van der Waals surface area contributed by atoms with E-state index in [0.717, 1.165) is 42.7 Å². The van der Waals surface area contributed by atoms with Gasteiger partial charge in [-0.25, -0.2) is 0 Å². The van der Waals surface area contributed by atoms with Crippen molar-refractivity contribution in [3.05, 3.63) is 28.8 Å². The van der Waals surface area contributed by atoms with Crippen molar-refractivity contribution in [1.29, 1.82) is 0 Å². The molecule has 2 rings (SSSR count). The standard InChI is InChI=1S/C22H36O3/c1-9-10-15-13-24-22(8,25-14-15)16-11-17(20(2,3)4)19(23)18(12-16)21(5,6)7/h11-12,15,23H,9-10,13-14H2,1-8H3/t15-,22-. The maximum absolute atomic E-state index is 10.9. The van der Waals surface area contributed by atoms with E-state index in [1.807, 2.05) is 6.92 Å². The van der Waals surface area contributed by atoms with E-state index in [2.05, 4.69) is 60.6 Å². The minimum atomic E-state index is -0.752. The number of rotatable bonds is 3. The van der Waals surface area contributed by atoms with Gasteiger partial charge in [-0.2, -0.15) is 0 Å². The van der Waals surface area contributed by atoms with Crippen molar-refractivity contribution in [2.24, 2.45) is 5.92 Å². The number of hydrogen-bond donors (Lipinski definition) is 1. The summed E-state index contributed by atoms with van der Waals surface area (Å²) >= 11 is 0. The fourth-order valence-corrected chi connectivity index (χ4v) is 3.43. The summed E-state index contributed by atoms with van der Waals surface area (Å²) in [5.74, 6) is 0.115. The zero-order valence-corrected chi connectivity index (χ0v) is 17.3. The Bertz CT molecular complexity index is 562. The molecule has 142 valence electrons. The van der Waals surface area contributed by atoms with E-state index in [0.29, 0.717) is 11.7 Å². The van der Waals surface area contributed by atoms with Gasteiger partial charge < -0.3 is 14.6 Å². The highest BCUT2D eigenvalue weighted by atomic mass is 16.7. The molecule has 1 N–H and O–H groups in total. The Kier molecular flexibility index (Phi) is 5.61. The Morgan fingerprint density at radius 2 is 1.44 bits per heavy atom. The van der Waals surface area contributed by atoms with Gasteiger partial charge in [0.2, 0.25) is 0 Å². The maximum Gasteiger partial charge on any atom is 0.191 e. The second kappa shape index (κ2) is 6.92. The summed E-state index contributed by atoms with van der Waals surface area (Å²) in [4.78, 5) is 0. The van der Waals surface area contributed by atoms with Crippen LogP contribution >= 0.6 is 0 Å². The number of benzene rings is 1. The molecule has 1 saturated heterocycles. The third-order valence-electron chi connectivity index (χ3n) is 5.14. The molecule has 0 bridgehead atoms. The SMILES string of the molecule is CCC[C@H]1CO[C@](C)(c2cc(C(C)(C)C)c(O)c(C(C)(C)C)c2)OC1. The van der Waals surface area contributed by atoms with Crippen LogP contribution in [0.25, 0.3) is 0 Å². The summed E-state index contributed by atoms with van der Waals surface area (Å²) in [6, 6.07) is 4.12. The Hall–Kier alpha value is -1.06. The van der Waals surface area contributed by atoms with E-state index >= 15 is 0 Å². The fraction of sp³-hybridized carbons (Fsp3) is 0.727. The lowest BCUT2D eigenvalue weighted by atomic mass is 9.77. The highest BCUT2D eigenvalue weighted by Crippen LogP contribution is 2.43. The minimum Gasteiger partial charge on any atom is -0.507 e. The van der Waals surface area contributed by atoms with Gasteiger partial charge in [0.05, 0.1) is 13.2 Å². The van der Waals surface area contributed by atoms with Crippen LogP contribution in [0.4, 0.5) is 0 Å². The molecule has 1 aliphatic heterocycles. The number of ether oxygens (including phenoxy) is 2. The molecule has 0 atom stereocenters. The Labute approximate surface area is 153 Å². The largest absolute Gasteiger partial charge is 0.507 e. The molecule has 0 aliphatic carbocycles. The molecule has 25 heavy (non-hydrogen) atoms. The number of phenolic OH excluding ortho intramolecular Hbond substituents is 1. The number of phenols is 1. The Morgan fingerprint density at radius 3 is 1.80 bits per heavy atom. The number of hydrogen-bond acceptors (Lipinski definition) is 3. The van der Waals surface area contributed by atoms with Crippen LogP contribution in [0.2, 0.25) is 0 Å². The summed E-state index contributed by atoms with van der Waals surface area (Å²) in [6.07, 6.45) is 2.28. The van der Waals surface area contributed by atoms with E-state index in [9.17, 15) is 5.11 Å². The van der Waals surface area contributed by atoms with Crippen molar-refractivity contribution in [3.8, 4) is 5.75 Å². The van der Waals surface area contributed by atoms with Crippen LogP contribution in [-0.4, -0.2) is 18.3 Å². The van der Waals surface area contributed by atoms with Gasteiger partial charge in [-0.15, -0.1) is 0 Å². The zero-order valence-electron chi connectivity index (χ0n) is 17.3. The van der Waals surface area contributed by atoms with Crippen LogP contribution in [0.15, 0.2) is 12.1 Å². The normalized spacial score (nSPS) is 25.2. The van der Waals surface area contributed by atoms with E-state index < -0.39 is 5.79 Å². The molecule has 0 unspecified atom stereocenters. The van der Waals surface area contributed by atoms with Gasteiger partial charge in [0, 0.05) is 11.5 Å². The summed E-state index contributed by atoms with van der Waals surface area (Å²) in [7, 11) is 0. The first-order chi connectivity index (χ1) is 11.4. The molecule has 0 radical (unpaired) electrons. The van der Waals surface area contributed by atoms with E-state index in [1.165, 1.54) is 0 Å². The minimum absolute atomic E-state index is 0.157. The molecule has 3 heteroatoms. The zero-order chi connectivity index (χ0) is 19.0. The van der Waals surface area contributed by atoms with Gasteiger partial charge in [0.15, 0.2) is 5.79 Å². The first kappa shape index (κ1) is 20.3. The van der Waals surface area contributed by atoms with Gasteiger partial charge in [-0.1, -0.05) is 54.9 Å². The molecule has 1 aromatic rings. The molecule has 1 aliphatic rings. The highest BCUT2D eigenvalue weighted by molar-refractivity contribution is 5.50. The Balaban J connectivity index is 2.48. The molecule has 1 heterocycles. The van der Waals surface area contributed by atoms with Crippen molar-refractivity contribution in [2.75, 3.05) is 13.2 Å². The molecular weight excluding hydrogens is 312 g/mol. The molecule has 0 saturated carbocycles. The second-order valence-electron chi connectivity index (χ2n) is 9.64. The van der Waals surface area contributed by atoms with Gasteiger partial charge in [0.25, 0.3) is 0 Å². The Morgan fingerprint density at radius 1 is 1.00 bits per heavy atom. The van der Waals surface area contributed by atoms with E-state index in [-0.39, 0.29) is 10.8 Å². The predicted molar refractivity (Wildman–Crippen MR) is 103 cm³/mol. The summed E-state index contributed by atoms with van der Waals surface area (Å²) in [5, 5.41) is 10.9. The number of aromatic hydroxyl groups is 1. The first-order valence-corrected chi connectivity index (χ1v) is 9.55. The molecule has 1 aromatic carbocycles. The van der Waals surface area contributed by atoms with Crippen LogP contribution in [0, 0.1) is 5.92 Å². The summed E-state index contributed by atoms with van der Waals surface area (Å²) in [6.45, 7) is 18.4. The molecule has 3 nitrogen and oxygen atoms in total. The third kappa shape index (κ3) is 4.38. The van der Waals surface area contributed by atoms with Gasteiger partial charge in [-0.3, -0.25) is 0 Å². The molecule has 0 spiro atoms. The highest BCUT2D eigenvalue weighted by Gasteiger charge is 2.37. The molecule has 0 aromatic heterocycles. The van der Waals surface area contributed by atoms with Crippen LogP contribution in [-0.2, 0) is 26.1 Å². The summed E-state index contributed by atoms with van der Waals surface area (Å²) in [5.41, 5.74) is 2.57. The summed E-state index contributed by atoms with van der Waals surface area (Å²) < 4.78 is 12.4. The average molecular weight is 349 g/mol. The fourth-order valence-electron chi connectivity index (χ4n) is 3.43. The lowest BCUT2D eigenvalue weighted by Gasteiger charge is -2.39. The van der Waals surface area contributed by atoms with Crippen LogP contribution in [0.3, 0.4) is 0 Å². The quantitative estimate of drug-likeness (QED) is 0.770. The van der Waals surface area contributed by atoms with Crippen molar-refractivity contribution in [1.82, 2.24) is 0 Å². The van der Waals surface area contributed by atoms with E-state index in [1.54, 1.807) is 0 Å². The van der Waals surface area contributed by atoms with Crippen molar-refractivity contribution >= 4 is 0 Å². The van der Waals surface area contributed by atoms with E-state index in [4.69, 9.17) is 9.47 Å². The average Bonchev–Trinajstić information content (AvgIpc) is 2.47. The lowest BCUT2D eigenvalue weighted by Crippen LogP contribution is -2.40. The van der Waals surface area contributed by atoms with Crippen molar-refractivity contribution < 1.29 is 14.6 Å². The van der Waals surface area contributed by atoms with Crippen molar-refractivity contribution in [2.45, 2.75) is 84.8 Å². The van der Waals surface area contributed by atoms with Crippen LogP contribution in [0.5, 0.6) is 5.75 Å². The predicted octanol–water partition coefficient (Wildman–Crippen LogP) is 5.62. The second-order valence-corrected chi connectivity index (χ2v) is 9.64. The molecule has 1 fully saturated rings. The van der Waals surface area contributed by atoms with Crippen LogP contribution in [0.1, 0.15) is 84.9 Å². The van der Waals surface area contributed by atoms with Gasteiger partial charge in [-0.05, 0) is 47.4 Å². The first-order valence-electron chi connectivity index (χ1n) is 9.55. The topological polar surface area (TPSA) is 38.7 Å². The van der Waals surface area contributed by atoms with Gasteiger partial charge in [0.1, 0.15) is 5.75 Å². The smallest absolute Gasteiger partial charge is 0.191 e. The maximum atomic E-state index is 10.9. The molecular formula is C22H36O3. The third-order valence-corrected chi connectivity index (χ3v) is 5.14.